The highest BCUT2D eigenvalue weighted by Crippen LogP contribution is 2.34. The van der Waals surface area contributed by atoms with Crippen LogP contribution in [0.15, 0.2) is 18.2 Å². The number of halogens is 1. The van der Waals surface area contributed by atoms with E-state index in [9.17, 15) is 14.0 Å². The van der Waals surface area contributed by atoms with Gasteiger partial charge in [0.1, 0.15) is 5.82 Å². The maximum absolute atomic E-state index is 13.7. The minimum Gasteiger partial charge on any atom is -0.381 e. The van der Waals surface area contributed by atoms with E-state index in [0.717, 1.165) is 39.1 Å². The van der Waals surface area contributed by atoms with Crippen LogP contribution >= 0.6 is 0 Å². The van der Waals surface area contributed by atoms with Gasteiger partial charge in [-0.1, -0.05) is 0 Å². The Bertz CT molecular complexity index is 697. The zero-order valence-electron chi connectivity index (χ0n) is 14.7. The fourth-order valence-electron chi connectivity index (χ4n) is 4.23. The number of benzene rings is 1. The molecule has 1 unspecified atom stereocenters. The van der Waals surface area contributed by atoms with Crippen LogP contribution in [0.2, 0.25) is 0 Å². The van der Waals surface area contributed by atoms with Crippen molar-refractivity contribution >= 4 is 17.5 Å². The molecule has 0 aromatic heterocycles. The highest BCUT2D eigenvalue weighted by atomic mass is 19.1. The second-order valence-electron chi connectivity index (χ2n) is 7.24. The fraction of sp³-hybridized carbons (Fsp3) is 0.579. The highest BCUT2D eigenvalue weighted by Gasteiger charge is 2.35. The molecule has 1 aromatic carbocycles. The molecule has 1 atom stereocenters. The number of piperazine rings is 1. The molecular weight excluding hydrogens is 337 g/mol. The van der Waals surface area contributed by atoms with E-state index >= 15 is 0 Å². The smallest absolute Gasteiger partial charge is 0.230 e. The number of fused-ring (bicyclic) bond motifs is 1. The predicted molar refractivity (Wildman–Crippen MR) is 94.4 cm³/mol. The molecule has 6 nitrogen and oxygen atoms in total. The molecule has 140 valence electrons. The summed E-state index contributed by atoms with van der Waals surface area (Å²) in [6.07, 6.45) is 2.17. The van der Waals surface area contributed by atoms with Gasteiger partial charge in [-0.2, -0.15) is 0 Å². The number of nitrogens with one attached hydrogen (secondary N) is 1. The van der Waals surface area contributed by atoms with Gasteiger partial charge in [0.25, 0.3) is 0 Å². The third kappa shape index (κ3) is 3.46. The Labute approximate surface area is 152 Å². The maximum Gasteiger partial charge on any atom is 0.230 e. The predicted octanol–water partition coefficient (Wildman–Crippen LogP) is 1.57. The van der Waals surface area contributed by atoms with Crippen LogP contribution in [0.25, 0.3) is 0 Å². The zero-order valence-corrected chi connectivity index (χ0v) is 14.7. The lowest BCUT2D eigenvalue weighted by Crippen LogP contribution is -2.54. The normalized spacial score (nSPS) is 24.9. The molecule has 0 radical (unpaired) electrons. The van der Waals surface area contributed by atoms with Gasteiger partial charge in [0.15, 0.2) is 0 Å². The van der Waals surface area contributed by atoms with Gasteiger partial charge in [0.2, 0.25) is 11.8 Å². The Morgan fingerprint density at radius 2 is 1.88 bits per heavy atom. The molecule has 3 aliphatic rings. The lowest BCUT2D eigenvalue weighted by atomic mass is 9.89. The average molecular weight is 361 g/mol. The number of amides is 2. The number of hydrogen-bond acceptors (Lipinski definition) is 4. The summed E-state index contributed by atoms with van der Waals surface area (Å²) >= 11 is 0. The molecule has 0 aliphatic carbocycles. The Kier molecular flexibility index (Phi) is 4.91. The van der Waals surface area contributed by atoms with Crippen LogP contribution in [0.1, 0.15) is 30.7 Å². The number of hydrogen-bond donors (Lipinski definition) is 1. The zero-order chi connectivity index (χ0) is 18.1. The Morgan fingerprint density at radius 3 is 2.62 bits per heavy atom. The van der Waals surface area contributed by atoms with Crippen molar-refractivity contribution in [3.05, 3.63) is 29.6 Å². The standard InChI is InChI=1S/C19H24FN3O3/c20-13-1-2-17-15(11-13)16(12-18(24)21-17)19(25)23-7-5-22(6-8-23)14-3-9-26-10-4-14/h1-2,11,14,16H,3-10,12H2,(H,21,24). The Morgan fingerprint density at radius 1 is 1.15 bits per heavy atom. The van der Waals surface area contributed by atoms with Crippen molar-refractivity contribution in [2.45, 2.75) is 31.2 Å². The molecule has 3 heterocycles. The lowest BCUT2D eigenvalue weighted by Gasteiger charge is -2.41. The molecule has 4 rings (SSSR count). The van der Waals surface area contributed by atoms with Crippen molar-refractivity contribution < 1.29 is 18.7 Å². The van der Waals surface area contributed by atoms with Gasteiger partial charge in [-0.3, -0.25) is 14.5 Å². The molecule has 2 fully saturated rings. The van der Waals surface area contributed by atoms with Gasteiger partial charge in [-0.25, -0.2) is 4.39 Å². The Hall–Kier alpha value is -1.99. The van der Waals surface area contributed by atoms with Gasteiger partial charge in [-0.15, -0.1) is 0 Å². The second kappa shape index (κ2) is 7.32. The van der Waals surface area contributed by atoms with E-state index < -0.39 is 5.92 Å². The molecule has 1 aromatic rings. The molecule has 7 heteroatoms. The minimum atomic E-state index is -0.593. The summed E-state index contributed by atoms with van der Waals surface area (Å²) in [7, 11) is 0. The van der Waals surface area contributed by atoms with Crippen LogP contribution < -0.4 is 5.32 Å². The van der Waals surface area contributed by atoms with Crippen LogP contribution in [-0.4, -0.2) is 67.0 Å². The second-order valence-corrected chi connectivity index (χ2v) is 7.24. The molecule has 3 aliphatic heterocycles. The number of carbonyl (C=O) groups excluding carboxylic acids is 2. The molecule has 2 amide bonds. The van der Waals surface area contributed by atoms with Gasteiger partial charge in [0.05, 0.1) is 5.92 Å². The van der Waals surface area contributed by atoms with Crippen LogP contribution in [0.4, 0.5) is 10.1 Å². The number of carbonyl (C=O) groups is 2. The van der Waals surface area contributed by atoms with E-state index in [2.05, 4.69) is 10.2 Å². The van der Waals surface area contributed by atoms with Crippen LogP contribution in [0, 0.1) is 5.82 Å². The lowest BCUT2D eigenvalue weighted by molar-refractivity contribution is -0.137. The van der Waals surface area contributed by atoms with Gasteiger partial charge < -0.3 is 15.0 Å². The van der Waals surface area contributed by atoms with E-state index in [4.69, 9.17) is 4.74 Å². The topological polar surface area (TPSA) is 61.9 Å². The molecular formula is C19H24FN3O3. The van der Waals surface area contributed by atoms with Gasteiger partial charge in [0, 0.05) is 57.5 Å². The summed E-state index contributed by atoms with van der Waals surface area (Å²) in [5, 5.41) is 2.73. The average Bonchev–Trinajstić information content (AvgIpc) is 2.68. The summed E-state index contributed by atoms with van der Waals surface area (Å²) in [6.45, 7) is 4.60. The molecule has 26 heavy (non-hydrogen) atoms. The summed E-state index contributed by atoms with van der Waals surface area (Å²) < 4.78 is 19.1. The molecule has 1 N–H and O–H groups in total. The molecule has 0 spiro atoms. The summed E-state index contributed by atoms with van der Waals surface area (Å²) in [5.74, 6) is -1.24. The third-order valence-electron chi connectivity index (χ3n) is 5.68. The minimum absolute atomic E-state index is 0.0710. The van der Waals surface area contributed by atoms with E-state index in [0.29, 0.717) is 30.4 Å². The number of rotatable bonds is 2. The molecule has 0 saturated carbocycles. The van der Waals surface area contributed by atoms with E-state index in [1.54, 1.807) is 0 Å². The van der Waals surface area contributed by atoms with Crippen LogP contribution in [0.5, 0.6) is 0 Å². The molecule has 2 saturated heterocycles. The first-order chi connectivity index (χ1) is 12.6. The van der Waals surface area contributed by atoms with Gasteiger partial charge in [-0.05, 0) is 36.6 Å². The Balaban J connectivity index is 1.44. The summed E-state index contributed by atoms with van der Waals surface area (Å²) in [5.41, 5.74) is 1.13. The third-order valence-corrected chi connectivity index (χ3v) is 5.68. The quantitative estimate of drug-likeness (QED) is 0.869. The molecule has 0 bridgehead atoms. The highest BCUT2D eigenvalue weighted by molar-refractivity contribution is 6.01. The van der Waals surface area contributed by atoms with E-state index in [1.165, 1.54) is 18.2 Å². The van der Waals surface area contributed by atoms with E-state index in [-0.39, 0.29) is 24.1 Å². The van der Waals surface area contributed by atoms with Crippen molar-refractivity contribution in [1.29, 1.82) is 0 Å². The van der Waals surface area contributed by atoms with Gasteiger partial charge >= 0.3 is 0 Å². The van der Waals surface area contributed by atoms with Crippen molar-refractivity contribution in [1.82, 2.24) is 9.80 Å². The summed E-state index contributed by atoms with van der Waals surface area (Å²) in [4.78, 5) is 29.3. The first-order valence-corrected chi connectivity index (χ1v) is 9.31. The first kappa shape index (κ1) is 17.4. The van der Waals surface area contributed by atoms with E-state index in [1.807, 2.05) is 4.90 Å². The summed E-state index contributed by atoms with van der Waals surface area (Å²) in [6, 6.07) is 4.75. The van der Waals surface area contributed by atoms with Crippen molar-refractivity contribution in [2.75, 3.05) is 44.7 Å². The van der Waals surface area contributed by atoms with Crippen molar-refractivity contribution in [2.24, 2.45) is 0 Å². The number of nitrogens with zero attached hydrogens (tertiary/aromatic N) is 2. The maximum atomic E-state index is 13.7. The monoisotopic (exact) mass is 361 g/mol. The first-order valence-electron chi connectivity index (χ1n) is 9.31. The SMILES string of the molecule is O=C1CC(C(=O)N2CCN(C3CCOCC3)CC2)c2cc(F)ccc2N1. The fourth-order valence-corrected chi connectivity index (χ4v) is 4.23. The van der Waals surface area contributed by atoms with Crippen LogP contribution in [-0.2, 0) is 14.3 Å². The number of anilines is 1. The van der Waals surface area contributed by atoms with Crippen molar-refractivity contribution in [3.63, 3.8) is 0 Å². The largest absolute Gasteiger partial charge is 0.381 e. The number of ether oxygens (including phenoxy) is 1. The van der Waals surface area contributed by atoms with Crippen molar-refractivity contribution in [3.8, 4) is 0 Å². The van der Waals surface area contributed by atoms with Crippen LogP contribution in [0.3, 0.4) is 0 Å².